The number of hydrogen-bond acceptors (Lipinski definition) is 9. The van der Waals surface area contributed by atoms with Crippen LogP contribution in [0.25, 0.3) is 6.08 Å². The second-order valence-electron chi connectivity index (χ2n) is 7.24. The molecule has 4 amide bonds. The van der Waals surface area contributed by atoms with Crippen LogP contribution in [0.4, 0.5) is 10.5 Å². The number of rotatable bonds is 9. The molecule has 0 aromatic heterocycles. The van der Waals surface area contributed by atoms with Crippen molar-refractivity contribution in [2.45, 2.75) is 18.7 Å². The zero-order valence-electron chi connectivity index (χ0n) is 18.9. The van der Waals surface area contributed by atoms with Crippen molar-refractivity contribution in [1.82, 2.24) is 4.90 Å². The highest BCUT2D eigenvalue weighted by atomic mass is 127. The smallest absolute Gasteiger partial charge is 0.339 e. The van der Waals surface area contributed by atoms with Gasteiger partial charge < -0.3 is 20.0 Å². The Hall–Kier alpha value is -3.11. The number of nitrogens with two attached hydrogens (primary N) is 1. The van der Waals surface area contributed by atoms with Crippen molar-refractivity contribution in [2.24, 2.45) is 5.73 Å². The molecule has 0 saturated carbocycles. The average Bonchev–Trinajstić information content (AvgIpc) is 3.03. The molecule has 1 aliphatic heterocycles. The Bertz CT molecular complexity index is 1370. The first-order chi connectivity index (χ1) is 16.9. The molecule has 14 heteroatoms. The summed E-state index contributed by atoms with van der Waals surface area (Å²) in [6, 6.07) is 8.48. The van der Waals surface area contributed by atoms with E-state index < -0.39 is 33.7 Å². The maximum Gasteiger partial charge on any atom is 0.339 e. The second-order valence-corrected chi connectivity index (χ2v) is 10.9. The highest BCUT2D eigenvalue weighted by Gasteiger charge is 2.36. The molecule has 1 heterocycles. The van der Waals surface area contributed by atoms with Crippen LogP contribution in [0.15, 0.2) is 46.2 Å². The van der Waals surface area contributed by atoms with E-state index >= 15 is 0 Å². The van der Waals surface area contributed by atoms with Crippen LogP contribution in [0, 0.1) is 3.57 Å². The van der Waals surface area contributed by atoms with Crippen LogP contribution in [0.2, 0.25) is 0 Å². The fourth-order valence-electron chi connectivity index (χ4n) is 3.02. The molecule has 3 N–H and O–H groups in total. The Kier molecular flexibility index (Phi) is 8.63. The van der Waals surface area contributed by atoms with Gasteiger partial charge in [-0.05, 0) is 89.3 Å². The van der Waals surface area contributed by atoms with E-state index in [0.29, 0.717) is 26.6 Å². The van der Waals surface area contributed by atoms with Crippen LogP contribution < -0.4 is 20.0 Å². The maximum absolute atomic E-state index is 12.9. The van der Waals surface area contributed by atoms with Gasteiger partial charge in [-0.15, -0.1) is 0 Å². The second kappa shape index (κ2) is 11.3. The van der Waals surface area contributed by atoms with Gasteiger partial charge in [-0.2, -0.15) is 8.42 Å². The molecule has 1 saturated heterocycles. The average molecular weight is 645 g/mol. The zero-order chi connectivity index (χ0) is 26.6. The molecule has 0 radical (unpaired) electrons. The van der Waals surface area contributed by atoms with E-state index in [1.807, 2.05) is 22.6 Å². The predicted octanol–water partition coefficient (Wildman–Crippen LogP) is 2.94. The van der Waals surface area contributed by atoms with Crippen LogP contribution >= 0.6 is 34.4 Å². The highest BCUT2D eigenvalue weighted by Crippen LogP contribution is 2.38. The summed E-state index contributed by atoms with van der Waals surface area (Å²) in [5.41, 5.74) is 5.96. The summed E-state index contributed by atoms with van der Waals surface area (Å²) >= 11 is 2.52. The first kappa shape index (κ1) is 27.5. The first-order valence-electron chi connectivity index (χ1n) is 10.2. The SMILES string of the molecule is CCOc1cc(/C=C2\SC(=O)N(CC(N)=O)C2=O)cc(I)c1OS(=O)(=O)c1ccc(NC(C)=O)cc1. The Balaban J connectivity index is 1.92. The highest BCUT2D eigenvalue weighted by molar-refractivity contribution is 14.1. The van der Waals surface area contributed by atoms with Gasteiger partial charge in [-0.3, -0.25) is 24.1 Å². The molecule has 1 aliphatic rings. The number of amides is 4. The Morgan fingerprint density at radius 2 is 1.86 bits per heavy atom. The van der Waals surface area contributed by atoms with Crippen molar-refractivity contribution in [3.63, 3.8) is 0 Å². The van der Waals surface area contributed by atoms with E-state index in [4.69, 9.17) is 14.7 Å². The lowest BCUT2D eigenvalue weighted by molar-refractivity contribution is -0.127. The molecular weight excluding hydrogens is 625 g/mol. The summed E-state index contributed by atoms with van der Waals surface area (Å²) in [7, 11) is -4.26. The molecule has 0 spiro atoms. The maximum atomic E-state index is 12.9. The van der Waals surface area contributed by atoms with E-state index in [-0.39, 0.29) is 33.8 Å². The van der Waals surface area contributed by atoms with Gasteiger partial charge in [0, 0.05) is 12.6 Å². The molecular formula is C22H20IN3O8S2. The van der Waals surface area contributed by atoms with E-state index in [9.17, 15) is 27.6 Å². The Morgan fingerprint density at radius 3 is 2.44 bits per heavy atom. The monoisotopic (exact) mass is 645 g/mol. The fourth-order valence-corrected chi connectivity index (χ4v) is 5.70. The normalized spacial score (nSPS) is 14.8. The number of nitrogens with one attached hydrogen (secondary N) is 1. The van der Waals surface area contributed by atoms with Crippen LogP contribution in [0.5, 0.6) is 11.5 Å². The van der Waals surface area contributed by atoms with E-state index in [1.165, 1.54) is 43.3 Å². The number of carbonyl (C=O) groups is 4. The number of carbonyl (C=O) groups excluding carboxylic acids is 4. The lowest BCUT2D eigenvalue weighted by Crippen LogP contribution is -2.36. The third-order valence-corrected chi connectivity index (χ3v) is 7.42. The van der Waals surface area contributed by atoms with Gasteiger partial charge in [0.25, 0.3) is 11.1 Å². The molecule has 2 aromatic rings. The van der Waals surface area contributed by atoms with Crippen molar-refractivity contribution >= 4 is 79.2 Å². The molecule has 0 atom stereocenters. The molecule has 1 fully saturated rings. The number of primary amides is 1. The molecule has 0 aliphatic carbocycles. The number of hydrogen-bond donors (Lipinski definition) is 2. The van der Waals surface area contributed by atoms with Crippen molar-refractivity contribution in [2.75, 3.05) is 18.5 Å². The molecule has 190 valence electrons. The minimum atomic E-state index is -4.26. The molecule has 0 unspecified atom stereocenters. The number of anilines is 1. The molecule has 11 nitrogen and oxygen atoms in total. The van der Waals surface area contributed by atoms with Crippen LogP contribution in [0.1, 0.15) is 19.4 Å². The molecule has 3 rings (SSSR count). The minimum absolute atomic E-state index is 0.0534. The summed E-state index contributed by atoms with van der Waals surface area (Å²) in [5.74, 6) is -1.73. The number of imide groups is 1. The van der Waals surface area contributed by atoms with Crippen LogP contribution in [-0.4, -0.2) is 49.4 Å². The van der Waals surface area contributed by atoms with Crippen molar-refractivity contribution in [1.29, 1.82) is 0 Å². The largest absolute Gasteiger partial charge is 0.490 e. The van der Waals surface area contributed by atoms with E-state index in [0.717, 1.165) is 4.90 Å². The summed E-state index contributed by atoms with van der Waals surface area (Å²) in [6.45, 7) is 2.70. The third kappa shape index (κ3) is 6.55. The number of ether oxygens (including phenoxy) is 1. The van der Waals surface area contributed by atoms with Crippen LogP contribution in [0.3, 0.4) is 0 Å². The lowest BCUT2D eigenvalue weighted by atomic mass is 10.2. The molecule has 36 heavy (non-hydrogen) atoms. The van der Waals surface area contributed by atoms with Crippen LogP contribution in [-0.2, 0) is 24.5 Å². The van der Waals surface area contributed by atoms with Gasteiger partial charge in [0.15, 0.2) is 11.5 Å². The van der Waals surface area contributed by atoms with Gasteiger partial charge >= 0.3 is 10.1 Å². The first-order valence-corrected chi connectivity index (χ1v) is 13.5. The summed E-state index contributed by atoms with van der Waals surface area (Å²) in [6.07, 6.45) is 1.43. The van der Waals surface area contributed by atoms with Gasteiger partial charge in [-0.25, -0.2) is 0 Å². The lowest BCUT2D eigenvalue weighted by Gasteiger charge is -2.15. The fraction of sp³-hybridized carbons (Fsp3) is 0.182. The third-order valence-electron chi connectivity index (χ3n) is 4.47. The van der Waals surface area contributed by atoms with Gasteiger partial charge in [0.1, 0.15) is 11.4 Å². The number of nitrogens with zero attached hydrogens (tertiary/aromatic N) is 1. The number of halogens is 1. The Labute approximate surface area is 224 Å². The van der Waals surface area contributed by atoms with Gasteiger partial charge in [0.05, 0.1) is 15.1 Å². The minimum Gasteiger partial charge on any atom is -0.490 e. The predicted molar refractivity (Wildman–Crippen MR) is 141 cm³/mol. The van der Waals surface area contributed by atoms with Crippen molar-refractivity contribution in [3.05, 3.63) is 50.4 Å². The quantitative estimate of drug-likeness (QED) is 0.237. The van der Waals surface area contributed by atoms with Crippen molar-refractivity contribution in [3.8, 4) is 11.5 Å². The standard InChI is InChI=1S/C22H20IN3O8S2/c1-3-33-17-9-13(10-18-21(29)26(11-19(24)28)22(30)35-18)8-16(23)20(17)34-36(31,32)15-6-4-14(5-7-15)25-12(2)27/h4-10H,3,11H2,1-2H3,(H2,24,28)(H,25,27)/b18-10-. The van der Waals surface area contributed by atoms with Crippen molar-refractivity contribution < 1.29 is 36.5 Å². The summed E-state index contributed by atoms with van der Waals surface area (Å²) in [4.78, 5) is 47.5. The van der Waals surface area contributed by atoms with E-state index in [1.54, 1.807) is 13.0 Å². The summed E-state index contributed by atoms with van der Waals surface area (Å²) in [5, 5.41) is 1.92. The topological polar surface area (TPSA) is 162 Å². The number of thioether (sulfide) groups is 1. The molecule has 2 aromatic carbocycles. The summed E-state index contributed by atoms with van der Waals surface area (Å²) < 4.78 is 37.1. The van der Waals surface area contributed by atoms with Gasteiger partial charge in [-0.1, -0.05) is 0 Å². The number of benzene rings is 2. The van der Waals surface area contributed by atoms with E-state index in [2.05, 4.69) is 5.32 Å². The van der Waals surface area contributed by atoms with Gasteiger partial charge in [0.2, 0.25) is 11.8 Å². The molecule has 0 bridgehead atoms. The zero-order valence-corrected chi connectivity index (χ0v) is 22.7. The Morgan fingerprint density at radius 1 is 1.19 bits per heavy atom.